The topological polar surface area (TPSA) is 78.9 Å². The standard InChI is InChI=1S/C7H7N3O2S2/c1-3-2-4-5(13-3)10(7(11)12)6(8)9-14-4/h2H,1H3,(H2,8,9)(H,11,12). The summed E-state index contributed by atoms with van der Waals surface area (Å²) in [5.41, 5.74) is 5.48. The highest BCUT2D eigenvalue weighted by Crippen LogP contribution is 2.41. The quantitative estimate of drug-likeness (QED) is 0.666. The molecule has 1 aliphatic rings. The van der Waals surface area contributed by atoms with Crippen LogP contribution in [0.5, 0.6) is 0 Å². The van der Waals surface area contributed by atoms with Crippen molar-refractivity contribution in [3.05, 3.63) is 10.9 Å². The Kier molecular flexibility index (Phi) is 2.12. The van der Waals surface area contributed by atoms with Crippen molar-refractivity contribution in [2.75, 3.05) is 4.90 Å². The van der Waals surface area contributed by atoms with E-state index in [-0.39, 0.29) is 5.96 Å². The zero-order valence-corrected chi connectivity index (χ0v) is 8.85. The first-order valence-electron chi connectivity index (χ1n) is 3.73. The molecule has 5 nitrogen and oxygen atoms in total. The number of carbonyl (C=O) groups is 1. The Morgan fingerprint density at radius 3 is 3.07 bits per heavy atom. The largest absolute Gasteiger partial charge is 0.464 e. The number of nitrogens with zero attached hydrogens (tertiary/aromatic N) is 2. The second kappa shape index (κ2) is 3.18. The summed E-state index contributed by atoms with van der Waals surface area (Å²) in [5.74, 6) is 0.0110. The van der Waals surface area contributed by atoms with Gasteiger partial charge < -0.3 is 10.8 Å². The summed E-state index contributed by atoms with van der Waals surface area (Å²) in [6.07, 6.45) is -1.10. The number of hydrogen-bond acceptors (Lipinski definition) is 5. The van der Waals surface area contributed by atoms with Gasteiger partial charge in [-0.3, -0.25) is 0 Å². The predicted octanol–water partition coefficient (Wildman–Crippen LogP) is 1.88. The molecular formula is C7H7N3O2S2. The summed E-state index contributed by atoms with van der Waals surface area (Å²) >= 11 is 2.60. The molecule has 14 heavy (non-hydrogen) atoms. The normalized spacial score (nSPS) is 14.9. The number of anilines is 1. The van der Waals surface area contributed by atoms with E-state index in [1.807, 2.05) is 13.0 Å². The lowest BCUT2D eigenvalue weighted by molar-refractivity contribution is 0.205. The van der Waals surface area contributed by atoms with Crippen molar-refractivity contribution < 1.29 is 9.90 Å². The van der Waals surface area contributed by atoms with Gasteiger partial charge in [0.2, 0.25) is 5.96 Å². The van der Waals surface area contributed by atoms with Crippen LogP contribution in [0.1, 0.15) is 4.88 Å². The van der Waals surface area contributed by atoms with Crippen LogP contribution in [-0.4, -0.2) is 17.2 Å². The minimum absolute atomic E-state index is 0.0110. The third kappa shape index (κ3) is 1.34. The van der Waals surface area contributed by atoms with E-state index in [0.29, 0.717) is 5.00 Å². The molecule has 0 aliphatic carbocycles. The fraction of sp³-hybridized carbons (Fsp3) is 0.143. The second-order valence-electron chi connectivity index (χ2n) is 2.69. The van der Waals surface area contributed by atoms with Crippen molar-refractivity contribution in [2.45, 2.75) is 11.8 Å². The SMILES string of the molecule is Cc1cc2c(s1)N(C(=O)O)C(N)=NS2. The van der Waals surface area contributed by atoms with E-state index in [2.05, 4.69) is 4.40 Å². The molecule has 74 valence electrons. The van der Waals surface area contributed by atoms with Crippen molar-refractivity contribution in [3.63, 3.8) is 0 Å². The zero-order valence-electron chi connectivity index (χ0n) is 7.22. The monoisotopic (exact) mass is 229 g/mol. The van der Waals surface area contributed by atoms with Crippen LogP contribution >= 0.6 is 23.3 Å². The van der Waals surface area contributed by atoms with E-state index in [9.17, 15) is 4.79 Å². The van der Waals surface area contributed by atoms with Gasteiger partial charge in [0, 0.05) is 16.8 Å². The average Bonchev–Trinajstić information content (AvgIpc) is 2.43. The Morgan fingerprint density at radius 1 is 1.71 bits per heavy atom. The Bertz CT molecular complexity index is 427. The molecule has 2 heterocycles. The highest BCUT2D eigenvalue weighted by molar-refractivity contribution is 7.98. The Labute approximate surface area is 88.4 Å². The van der Waals surface area contributed by atoms with Gasteiger partial charge in [-0.15, -0.1) is 11.3 Å². The molecule has 3 N–H and O–H groups in total. The molecule has 0 saturated carbocycles. The van der Waals surface area contributed by atoms with Crippen LogP contribution in [-0.2, 0) is 0 Å². The van der Waals surface area contributed by atoms with Crippen LogP contribution in [0.3, 0.4) is 0 Å². The van der Waals surface area contributed by atoms with Gasteiger partial charge in [0.05, 0.1) is 4.90 Å². The molecular weight excluding hydrogens is 222 g/mol. The van der Waals surface area contributed by atoms with Gasteiger partial charge in [0.15, 0.2) is 0 Å². The lowest BCUT2D eigenvalue weighted by atomic mass is 10.5. The molecule has 0 bridgehead atoms. The molecule has 0 saturated heterocycles. The first-order valence-corrected chi connectivity index (χ1v) is 5.32. The molecule has 1 amide bonds. The number of aryl methyl sites for hydroxylation is 1. The number of fused-ring (bicyclic) bond motifs is 1. The van der Waals surface area contributed by atoms with E-state index in [1.165, 1.54) is 23.3 Å². The molecule has 0 fully saturated rings. The Morgan fingerprint density at radius 2 is 2.43 bits per heavy atom. The van der Waals surface area contributed by atoms with Crippen molar-refractivity contribution >= 4 is 40.3 Å². The molecule has 2 rings (SSSR count). The van der Waals surface area contributed by atoms with E-state index in [4.69, 9.17) is 10.8 Å². The van der Waals surface area contributed by atoms with Gasteiger partial charge in [0.25, 0.3) is 0 Å². The Hall–Kier alpha value is -1.21. The van der Waals surface area contributed by atoms with Crippen LogP contribution in [0.4, 0.5) is 9.80 Å². The van der Waals surface area contributed by atoms with Gasteiger partial charge in [-0.05, 0) is 13.0 Å². The maximum Gasteiger partial charge on any atom is 0.419 e. The fourth-order valence-electron chi connectivity index (χ4n) is 1.13. The highest BCUT2D eigenvalue weighted by Gasteiger charge is 2.27. The first kappa shape index (κ1) is 9.35. The van der Waals surface area contributed by atoms with Crippen molar-refractivity contribution in [2.24, 2.45) is 10.1 Å². The molecule has 1 aromatic rings. The first-order chi connectivity index (χ1) is 6.59. The van der Waals surface area contributed by atoms with E-state index >= 15 is 0 Å². The zero-order chi connectivity index (χ0) is 10.3. The van der Waals surface area contributed by atoms with Gasteiger partial charge in [-0.1, -0.05) is 0 Å². The fourth-order valence-corrected chi connectivity index (χ4v) is 3.01. The van der Waals surface area contributed by atoms with Crippen LogP contribution in [0.15, 0.2) is 15.4 Å². The van der Waals surface area contributed by atoms with Crippen LogP contribution in [0.25, 0.3) is 0 Å². The van der Waals surface area contributed by atoms with Crippen LogP contribution < -0.4 is 10.6 Å². The second-order valence-corrected chi connectivity index (χ2v) is 4.72. The summed E-state index contributed by atoms with van der Waals surface area (Å²) in [6.45, 7) is 1.92. The lowest BCUT2D eigenvalue weighted by Gasteiger charge is -2.20. The summed E-state index contributed by atoms with van der Waals surface area (Å²) in [7, 11) is 0. The van der Waals surface area contributed by atoms with Crippen LogP contribution in [0, 0.1) is 6.92 Å². The number of nitrogens with two attached hydrogens (primary N) is 1. The summed E-state index contributed by atoms with van der Waals surface area (Å²) in [5, 5.41) is 9.56. The number of amides is 1. The number of guanidine groups is 1. The molecule has 0 atom stereocenters. The molecule has 0 spiro atoms. The third-order valence-electron chi connectivity index (χ3n) is 1.66. The van der Waals surface area contributed by atoms with Crippen molar-refractivity contribution in [1.29, 1.82) is 0 Å². The molecule has 0 radical (unpaired) electrons. The van der Waals surface area contributed by atoms with E-state index < -0.39 is 6.09 Å². The molecule has 0 unspecified atom stereocenters. The van der Waals surface area contributed by atoms with Gasteiger partial charge in [0.1, 0.15) is 5.00 Å². The van der Waals surface area contributed by atoms with Gasteiger partial charge in [-0.2, -0.15) is 4.40 Å². The van der Waals surface area contributed by atoms with Gasteiger partial charge >= 0.3 is 6.09 Å². The number of carboxylic acid groups (broad SMARTS) is 1. The highest BCUT2D eigenvalue weighted by atomic mass is 32.2. The maximum atomic E-state index is 10.9. The van der Waals surface area contributed by atoms with Gasteiger partial charge in [-0.25, -0.2) is 9.69 Å². The predicted molar refractivity (Wildman–Crippen MR) is 57.0 cm³/mol. The lowest BCUT2D eigenvalue weighted by Crippen LogP contribution is -2.41. The summed E-state index contributed by atoms with van der Waals surface area (Å²) in [4.78, 5) is 13.8. The average molecular weight is 229 g/mol. The molecule has 7 heteroatoms. The minimum atomic E-state index is -1.10. The van der Waals surface area contributed by atoms with Crippen molar-refractivity contribution in [1.82, 2.24) is 0 Å². The number of thiophene rings is 1. The number of hydrogen-bond donors (Lipinski definition) is 2. The maximum absolute atomic E-state index is 10.9. The minimum Gasteiger partial charge on any atom is -0.464 e. The summed E-state index contributed by atoms with van der Waals surface area (Å²) in [6, 6.07) is 1.90. The Balaban J connectivity index is 2.51. The molecule has 0 aromatic carbocycles. The number of rotatable bonds is 0. The van der Waals surface area contributed by atoms with E-state index in [1.54, 1.807) is 0 Å². The third-order valence-corrected chi connectivity index (χ3v) is 3.61. The van der Waals surface area contributed by atoms with E-state index in [0.717, 1.165) is 14.7 Å². The van der Waals surface area contributed by atoms with Crippen LogP contribution in [0.2, 0.25) is 0 Å². The molecule has 1 aliphatic heterocycles. The summed E-state index contributed by atoms with van der Waals surface area (Å²) < 4.78 is 3.85. The molecule has 1 aromatic heterocycles. The smallest absolute Gasteiger partial charge is 0.419 e. The van der Waals surface area contributed by atoms with Crippen molar-refractivity contribution in [3.8, 4) is 0 Å².